The van der Waals surface area contributed by atoms with E-state index < -0.39 is 5.97 Å². The fourth-order valence-electron chi connectivity index (χ4n) is 2.92. The molecule has 0 aliphatic heterocycles. The molecule has 4 aromatic rings. The minimum absolute atomic E-state index is 0.214. The zero-order valence-electron chi connectivity index (χ0n) is 17.5. The molecule has 8 nitrogen and oxygen atoms in total. The van der Waals surface area contributed by atoms with Crippen LogP contribution in [0.1, 0.15) is 23.7 Å². The van der Waals surface area contributed by atoms with E-state index in [4.69, 9.17) is 5.11 Å². The molecule has 162 valence electrons. The SMILES string of the molecule is CCCN(C)c1ccc(N=Nc2nc3sc(N=Nc4ccc(C(=O)O)cc4)cc3s2)cc1. The highest BCUT2D eigenvalue weighted by Crippen LogP contribution is 2.39. The maximum absolute atomic E-state index is 10.9. The molecule has 2 heterocycles. The summed E-state index contributed by atoms with van der Waals surface area (Å²) in [5, 5.41) is 27.2. The monoisotopic (exact) mass is 464 g/mol. The van der Waals surface area contributed by atoms with E-state index in [1.54, 1.807) is 12.1 Å². The second-order valence-electron chi connectivity index (χ2n) is 6.94. The van der Waals surface area contributed by atoms with E-state index in [1.165, 1.54) is 34.8 Å². The molecule has 0 unspecified atom stereocenters. The van der Waals surface area contributed by atoms with E-state index in [0.29, 0.717) is 10.8 Å². The summed E-state index contributed by atoms with van der Waals surface area (Å²) in [5.74, 6) is -0.970. The number of hydrogen-bond donors (Lipinski definition) is 1. The molecule has 0 atom stereocenters. The number of benzene rings is 2. The fourth-order valence-corrected chi connectivity index (χ4v) is 4.77. The molecule has 32 heavy (non-hydrogen) atoms. The van der Waals surface area contributed by atoms with Crippen LogP contribution in [0.25, 0.3) is 9.53 Å². The van der Waals surface area contributed by atoms with Gasteiger partial charge in [-0.3, -0.25) is 0 Å². The zero-order valence-corrected chi connectivity index (χ0v) is 19.1. The first-order chi connectivity index (χ1) is 15.5. The van der Waals surface area contributed by atoms with Crippen molar-refractivity contribution in [2.24, 2.45) is 20.5 Å². The molecule has 0 saturated carbocycles. The zero-order chi connectivity index (χ0) is 22.5. The van der Waals surface area contributed by atoms with Gasteiger partial charge in [-0.1, -0.05) is 29.6 Å². The van der Waals surface area contributed by atoms with Gasteiger partial charge >= 0.3 is 5.97 Å². The van der Waals surface area contributed by atoms with Crippen LogP contribution >= 0.6 is 22.7 Å². The summed E-state index contributed by atoms with van der Waals surface area (Å²) < 4.78 is 0.968. The van der Waals surface area contributed by atoms with Gasteiger partial charge in [0.1, 0.15) is 9.83 Å². The van der Waals surface area contributed by atoms with E-state index in [1.807, 2.05) is 30.3 Å². The topological polar surface area (TPSA) is 103 Å². The Balaban J connectivity index is 1.41. The van der Waals surface area contributed by atoms with Crippen LogP contribution < -0.4 is 4.90 Å². The van der Waals surface area contributed by atoms with Crippen molar-refractivity contribution in [1.82, 2.24) is 4.98 Å². The first-order valence-electron chi connectivity index (χ1n) is 9.90. The fraction of sp³-hybridized carbons (Fsp3) is 0.182. The summed E-state index contributed by atoms with van der Waals surface area (Å²) >= 11 is 2.86. The van der Waals surface area contributed by atoms with Crippen molar-refractivity contribution < 1.29 is 9.90 Å². The lowest BCUT2D eigenvalue weighted by molar-refractivity contribution is 0.0697. The molecule has 0 saturated heterocycles. The van der Waals surface area contributed by atoms with Crippen LogP contribution in [0.3, 0.4) is 0 Å². The predicted molar refractivity (Wildman–Crippen MR) is 129 cm³/mol. The number of aromatic nitrogens is 1. The third kappa shape index (κ3) is 5.21. The Morgan fingerprint density at radius 3 is 2.25 bits per heavy atom. The lowest BCUT2D eigenvalue weighted by Crippen LogP contribution is -2.17. The van der Waals surface area contributed by atoms with Gasteiger partial charge in [0.15, 0.2) is 0 Å². The molecule has 1 N–H and O–H groups in total. The third-order valence-corrected chi connectivity index (χ3v) is 6.47. The Morgan fingerprint density at radius 2 is 1.62 bits per heavy atom. The van der Waals surface area contributed by atoms with Crippen LogP contribution in [0.4, 0.5) is 27.2 Å². The van der Waals surface area contributed by atoms with Crippen LogP contribution in [0.15, 0.2) is 75.1 Å². The van der Waals surface area contributed by atoms with E-state index in [-0.39, 0.29) is 5.56 Å². The molecule has 0 amide bonds. The molecule has 0 bridgehead atoms. The van der Waals surface area contributed by atoms with Crippen molar-refractivity contribution in [3.8, 4) is 0 Å². The number of carbonyl (C=O) groups is 1. The number of hydrogen-bond acceptors (Lipinski definition) is 9. The van der Waals surface area contributed by atoms with Crippen molar-refractivity contribution in [2.45, 2.75) is 13.3 Å². The number of carboxylic acids is 1. The van der Waals surface area contributed by atoms with Crippen molar-refractivity contribution in [2.75, 3.05) is 18.5 Å². The highest BCUT2D eigenvalue weighted by molar-refractivity contribution is 7.30. The smallest absolute Gasteiger partial charge is 0.335 e. The van der Waals surface area contributed by atoms with Crippen LogP contribution in [-0.2, 0) is 0 Å². The molecule has 0 spiro atoms. The van der Waals surface area contributed by atoms with Gasteiger partial charge in [0.25, 0.3) is 0 Å². The molecule has 4 rings (SSSR count). The summed E-state index contributed by atoms with van der Waals surface area (Å²) in [7, 11) is 2.07. The maximum Gasteiger partial charge on any atom is 0.335 e. The molecule has 0 radical (unpaired) electrons. The molecule has 0 aliphatic carbocycles. The summed E-state index contributed by atoms with van der Waals surface area (Å²) in [5.41, 5.74) is 2.73. The van der Waals surface area contributed by atoms with E-state index >= 15 is 0 Å². The molecule has 0 aliphatic rings. The molecule has 10 heteroatoms. The third-order valence-electron chi connectivity index (χ3n) is 4.54. The number of nitrogens with zero attached hydrogens (tertiary/aromatic N) is 6. The second-order valence-corrected chi connectivity index (χ2v) is 8.96. The van der Waals surface area contributed by atoms with E-state index in [2.05, 4.69) is 44.3 Å². The van der Waals surface area contributed by atoms with E-state index in [0.717, 1.165) is 38.9 Å². The number of thiazole rings is 1. The number of thiophene rings is 1. The molecular weight excluding hydrogens is 444 g/mol. The molecule has 2 aromatic carbocycles. The first-order valence-corrected chi connectivity index (χ1v) is 11.5. The lowest BCUT2D eigenvalue weighted by atomic mass is 10.2. The van der Waals surface area contributed by atoms with Crippen molar-refractivity contribution in [3.63, 3.8) is 0 Å². The Labute approximate surface area is 192 Å². The van der Waals surface area contributed by atoms with Gasteiger partial charge in [0.05, 0.1) is 21.6 Å². The number of fused-ring (bicyclic) bond motifs is 1. The number of anilines is 1. The van der Waals surface area contributed by atoms with Gasteiger partial charge < -0.3 is 10.0 Å². The minimum Gasteiger partial charge on any atom is -0.478 e. The van der Waals surface area contributed by atoms with Crippen LogP contribution in [0.2, 0.25) is 0 Å². The second kappa shape index (κ2) is 9.75. The largest absolute Gasteiger partial charge is 0.478 e. The first kappa shape index (κ1) is 21.7. The van der Waals surface area contributed by atoms with Gasteiger partial charge in [-0.2, -0.15) is 0 Å². The van der Waals surface area contributed by atoms with Gasteiger partial charge in [-0.05, 0) is 61.0 Å². The van der Waals surface area contributed by atoms with Crippen LogP contribution in [-0.4, -0.2) is 29.7 Å². The van der Waals surface area contributed by atoms with Crippen LogP contribution in [0.5, 0.6) is 0 Å². The Bertz CT molecular complexity index is 1240. The number of carboxylic acid groups (broad SMARTS) is 1. The minimum atomic E-state index is -0.970. The standard InChI is InChI=1S/C22H20N6O2S2/c1-3-12-28(2)17-10-8-16(9-11-17)25-27-22-23-20-18(31-22)13-19(32-20)26-24-15-6-4-14(5-7-15)21(29)30/h4-11,13H,3,12H2,1-2H3,(H,29,30). The van der Waals surface area contributed by atoms with Gasteiger partial charge in [0, 0.05) is 19.3 Å². The van der Waals surface area contributed by atoms with Gasteiger partial charge in [0.2, 0.25) is 5.13 Å². The normalized spacial score (nSPS) is 11.7. The highest BCUT2D eigenvalue weighted by Gasteiger charge is 2.09. The molecular formula is C22H20N6O2S2. The molecule has 0 fully saturated rings. The predicted octanol–water partition coefficient (Wildman–Crippen LogP) is 7.73. The van der Waals surface area contributed by atoms with Crippen molar-refractivity contribution >= 4 is 65.4 Å². The summed E-state index contributed by atoms with van der Waals surface area (Å²) in [6.07, 6.45) is 1.10. The molecule has 2 aromatic heterocycles. The average Bonchev–Trinajstić information content (AvgIpc) is 3.35. The Hall–Kier alpha value is -3.50. The average molecular weight is 465 g/mol. The van der Waals surface area contributed by atoms with Gasteiger partial charge in [-0.15, -0.1) is 20.5 Å². The quantitative estimate of drug-likeness (QED) is 0.269. The maximum atomic E-state index is 10.9. The summed E-state index contributed by atoms with van der Waals surface area (Å²) in [6, 6.07) is 16.1. The van der Waals surface area contributed by atoms with Crippen LogP contribution in [0, 0.1) is 0 Å². The van der Waals surface area contributed by atoms with Crippen molar-refractivity contribution in [1.29, 1.82) is 0 Å². The summed E-state index contributed by atoms with van der Waals surface area (Å²) in [4.78, 5) is 18.4. The van der Waals surface area contributed by atoms with Gasteiger partial charge in [-0.25, -0.2) is 9.78 Å². The number of aromatic carboxylic acids is 1. The Morgan fingerprint density at radius 1 is 0.969 bits per heavy atom. The van der Waals surface area contributed by atoms with E-state index in [9.17, 15) is 4.79 Å². The lowest BCUT2D eigenvalue weighted by Gasteiger charge is -2.17. The number of azo groups is 2. The number of rotatable bonds is 8. The summed E-state index contributed by atoms with van der Waals surface area (Å²) in [6.45, 7) is 3.17. The van der Waals surface area contributed by atoms with Crippen molar-refractivity contribution in [3.05, 3.63) is 60.2 Å². The highest BCUT2D eigenvalue weighted by atomic mass is 32.1. The Kier molecular flexibility index (Phi) is 6.62.